The zero-order valence-corrected chi connectivity index (χ0v) is 34.5. The number of hydrogen-bond acceptors (Lipinski definition) is 11. The number of carbonyl (C=O) groups excluding carboxylic acids is 5. The van der Waals surface area contributed by atoms with Gasteiger partial charge in [0.25, 0.3) is 5.91 Å². The lowest BCUT2D eigenvalue weighted by Crippen LogP contribution is -2.56. The molecule has 0 saturated carbocycles. The average Bonchev–Trinajstić information content (AvgIpc) is 3.26. The summed E-state index contributed by atoms with van der Waals surface area (Å²) in [5, 5.41) is 30.3. The molecule has 16 nitrogen and oxygen atoms in total. The molecule has 4 aromatic rings. The zero-order valence-electron chi connectivity index (χ0n) is 33.8. The number of nitriles is 1. The van der Waals surface area contributed by atoms with Gasteiger partial charge in [0.05, 0.1) is 6.07 Å². The minimum Gasteiger partial charge on any atom is -0.492 e. The lowest BCUT2D eigenvalue weighted by atomic mass is 9.93. The number of nitrogens with two attached hydrogens (primary N) is 2. The normalized spacial score (nSPS) is 16.7. The van der Waals surface area contributed by atoms with E-state index in [4.69, 9.17) is 37.8 Å². The molecule has 5 rings (SSSR count). The lowest BCUT2D eigenvalue weighted by Gasteiger charge is -2.32. The van der Waals surface area contributed by atoms with Crippen LogP contribution in [0.4, 0.5) is 0 Å². The van der Waals surface area contributed by atoms with Crippen molar-refractivity contribution in [1.82, 2.24) is 26.2 Å². The Labute approximate surface area is 358 Å². The number of halogens is 1. The van der Waals surface area contributed by atoms with Crippen molar-refractivity contribution in [3.63, 3.8) is 0 Å². The first kappa shape index (κ1) is 45.6. The second-order valence-corrected chi connectivity index (χ2v) is 14.6. The van der Waals surface area contributed by atoms with Crippen molar-refractivity contribution in [1.29, 1.82) is 5.26 Å². The minimum absolute atomic E-state index is 0.00313. The Balaban J connectivity index is 1.57. The van der Waals surface area contributed by atoms with Gasteiger partial charge in [0.2, 0.25) is 23.6 Å². The molecule has 4 aromatic carbocycles. The topological polar surface area (TPSA) is 251 Å². The van der Waals surface area contributed by atoms with E-state index in [2.05, 4.69) is 21.3 Å². The van der Waals surface area contributed by atoms with E-state index in [1.807, 2.05) is 18.2 Å². The molecule has 4 bridgehead atoms. The molecular formula is C44H49ClN8O8. The molecule has 0 saturated heterocycles. The van der Waals surface area contributed by atoms with Gasteiger partial charge >= 0.3 is 0 Å². The molecular weight excluding hydrogens is 804 g/mol. The molecule has 0 radical (unpaired) electrons. The van der Waals surface area contributed by atoms with Crippen LogP contribution in [0, 0.1) is 11.3 Å². The maximum Gasteiger partial charge on any atom is 0.251 e. The molecule has 0 fully saturated rings. The van der Waals surface area contributed by atoms with Crippen LogP contribution in [0.1, 0.15) is 40.9 Å². The van der Waals surface area contributed by atoms with E-state index in [1.54, 1.807) is 72.8 Å². The molecule has 1 aliphatic heterocycles. The number of carbonyl (C=O) groups is 5. The van der Waals surface area contributed by atoms with Crippen LogP contribution < -0.4 is 42.2 Å². The predicted octanol–water partition coefficient (Wildman–Crippen LogP) is 2.21. The Morgan fingerprint density at radius 1 is 0.902 bits per heavy atom. The molecule has 1 aliphatic rings. The van der Waals surface area contributed by atoms with Gasteiger partial charge in [0.1, 0.15) is 55.4 Å². The Morgan fingerprint density at radius 2 is 1.51 bits per heavy atom. The van der Waals surface area contributed by atoms with Crippen molar-refractivity contribution in [3.05, 3.63) is 107 Å². The molecule has 5 amide bonds. The Kier molecular flexibility index (Phi) is 16.2. The monoisotopic (exact) mass is 852 g/mol. The number of benzene rings is 4. The number of rotatable bonds is 15. The molecule has 320 valence electrons. The van der Waals surface area contributed by atoms with E-state index < -0.39 is 60.3 Å². The minimum atomic E-state index is -1.42. The quantitative estimate of drug-likeness (QED) is 0.0855. The van der Waals surface area contributed by atoms with Crippen LogP contribution in [-0.4, -0.2) is 104 Å². The van der Waals surface area contributed by atoms with Crippen LogP contribution in [0.2, 0.25) is 5.02 Å². The summed E-state index contributed by atoms with van der Waals surface area (Å²) in [6.07, 6.45) is -0.192. The van der Waals surface area contributed by atoms with Gasteiger partial charge in [0, 0.05) is 54.9 Å². The summed E-state index contributed by atoms with van der Waals surface area (Å²) in [6, 6.07) is 20.7. The Hall–Kier alpha value is -6.51. The maximum atomic E-state index is 14.5. The highest BCUT2D eigenvalue weighted by Gasteiger charge is 2.36. The van der Waals surface area contributed by atoms with Crippen molar-refractivity contribution in [2.45, 2.75) is 43.9 Å². The fourth-order valence-electron chi connectivity index (χ4n) is 6.79. The van der Waals surface area contributed by atoms with Gasteiger partial charge in [-0.25, -0.2) is 0 Å². The first-order valence-corrected chi connectivity index (χ1v) is 20.0. The highest BCUT2D eigenvalue weighted by Crippen LogP contribution is 2.40. The summed E-state index contributed by atoms with van der Waals surface area (Å²) in [5.41, 5.74) is 15.4. The van der Waals surface area contributed by atoms with E-state index in [-0.39, 0.29) is 51.3 Å². The van der Waals surface area contributed by atoms with Crippen molar-refractivity contribution >= 4 is 41.1 Å². The van der Waals surface area contributed by atoms with E-state index in [9.17, 15) is 29.1 Å². The number of aliphatic hydroxyl groups excluding tert-OH is 1. The van der Waals surface area contributed by atoms with Crippen LogP contribution in [0.5, 0.6) is 11.5 Å². The largest absolute Gasteiger partial charge is 0.492 e. The molecule has 0 aliphatic carbocycles. The van der Waals surface area contributed by atoms with Gasteiger partial charge in [-0.15, -0.1) is 0 Å². The van der Waals surface area contributed by atoms with Gasteiger partial charge in [-0.2, -0.15) is 5.26 Å². The summed E-state index contributed by atoms with van der Waals surface area (Å²) >= 11 is 6.03. The molecule has 0 unspecified atom stereocenters. The Morgan fingerprint density at radius 3 is 2.11 bits per heavy atom. The average molecular weight is 853 g/mol. The smallest absolute Gasteiger partial charge is 0.251 e. The third kappa shape index (κ3) is 11.6. The first-order valence-electron chi connectivity index (χ1n) is 19.6. The van der Waals surface area contributed by atoms with Gasteiger partial charge < -0.3 is 52.2 Å². The SMILES string of the molecule is C[C@@H]1NC(=O)[C@@H](N(C)C(=O)[C@H](CCO)NC(=O)c2ccc(-c3ccc(Cl)cc3)cc2)c2ccc(OCCN)c(c2)-c2cc(ccc2OCCN)C[C@@H](C(=O)NCC#N)NC1=O. The fraction of sp³-hybridized carbons (Fsp3) is 0.318. The van der Waals surface area contributed by atoms with Crippen molar-refractivity contribution in [2.24, 2.45) is 11.5 Å². The number of likely N-dealkylation sites (N-methyl/N-ethyl adjacent to an activating group) is 1. The predicted molar refractivity (Wildman–Crippen MR) is 228 cm³/mol. The molecule has 17 heteroatoms. The summed E-state index contributed by atoms with van der Waals surface area (Å²) in [4.78, 5) is 70.5. The fourth-order valence-corrected chi connectivity index (χ4v) is 6.92. The van der Waals surface area contributed by atoms with Crippen LogP contribution in [0.25, 0.3) is 22.3 Å². The van der Waals surface area contributed by atoms with E-state index in [1.165, 1.54) is 14.0 Å². The lowest BCUT2D eigenvalue weighted by molar-refractivity contribution is -0.142. The van der Waals surface area contributed by atoms with Crippen molar-refractivity contribution in [3.8, 4) is 39.8 Å². The summed E-state index contributed by atoms with van der Waals surface area (Å²) in [5.74, 6) is -2.67. The molecule has 0 spiro atoms. The molecule has 61 heavy (non-hydrogen) atoms. The van der Waals surface area contributed by atoms with Crippen LogP contribution in [0.3, 0.4) is 0 Å². The van der Waals surface area contributed by atoms with Gasteiger partial charge in [-0.1, -0.05) is 48.0 Å². The van der Waals surface area contributed by atoms with E-state index in [0.717, 1.165) is 16.0 Å². The molecule has 0 aromatic heterocycles. The Bertz CT molecular complexity index is 2250. The maximum absolute atomic E-state index is 14.5. The summed E-state index contributed by atoms with van der Waals surface area (Å²) in [7, 11) is 1.38. The number of fused-ring (bicyclic) bond motifs is 5. The number of nitrogens with one attached hydrogen (secondary N) is 4. The second-order valence-electron chi connectivity index (χ2n) is 14.2. The highest BCUT2D eigenvalue weighted by atomic mass is 35.5. The number of aliphatic hydroxyl groups is 1. The third-order valence-corrected chi connectivity index (χ3v) is 10.2. The van der Waals surface area contributed by atoms with Crippen LogP contribution in [-0.2, 0) is 25.6 Å². The third-order valence-electron chi connectivity index (χ3n) is 9.90. The van der Waals surface area contributed by atoms with Crippen LogP contribution >= 0.6 is 11.6 Å². The van der Waals surface area contributed by atoms with E-state index >= 15 is 0 Å². The first-order chi connectivity index (χ1) is 29.4. The number of hydrogen-bond donors (Lipinski definition) is 7. The standard InChI is InChI=1S/C44H49ClN8O8/c1-26-40(55)52-36(42(57)49-19-16-46)24-27-3-13-37(60-21-17-47)33(23-27)34-25-31(10-14-38(34)61-22-18-48)39(43(58)50-26)53(2)44(59)35(15-20-54)51-41(56)30-6-4-28(5-7-30)29-8-11-32(45)12-9-29/h3-14,23,25-26,35-36,39,54H,15,17-22,24,47-48H2,1-2H3,(H,49,57)(H,50,58)(H,51,56)(H,52,55)/t26-,35-,36-,39-/m0/s1. The number of ether oxygens (including phenoxy) is 2. The second kappa shape index (κ2) is 21.7. The molecule has 9 N–H and O–H groups in total. The number of amides is 5. The molecule has 1 heterocycles. The van der Waals surface area contributed by atoms with Gasteiger partial charge in [-0.05, 0) is 84.1 Å². The van der Waals surface area contributed by atoms with Crippen molar-refractivity contribution in [2.75, 3.05) is 46.5 Å². The van der Waals surface area contributed by atoms with Crippen LogP contribution in [0.15, 0.2) is 84.9 Å². The molecule has 4 atom stereocenters. The number of nitrogens with zero attached hydrogens (tertiary/aromatic N) is 2. The van der Waals surface area contributed by atoms with Gasteiger partial charge in [-0.3, -0.25) is 24.0 Å². The highest BCUT2D eigenvalue weighted by molar-refractivity contribution is 6.30. The van der Waals surface area contributed by atoms with Gasteiger partial charge in [0.15, 0.2) is 0 Å². The zero-order chi connectivity index (χ0) is 44.1. The summed E-state index contributed by atoms with van der Waals surface area (Å²) < 4.78 is 12.1. The van der Waals surface area contributed by atoms with Crippen molar-refractivity contribution < 1.29 is 38.6 Å². The summed E-state index contributed by atoms with van der Waals surface area (Å²) in [6.45, 7) is 1.29. The van der Waals surface area contributed by atoms with E-state index in [0.29, 0.717) is 38.8 Å².